The maximum atomic E-state index is 13.4. The number of nitrogens with one attached hydrogen (secondary N) is 2. The van der Waals surface area contributed by atoms with Crippen molar-refractivity contribution in [3.05, 3.63) is 47.5 Å². The molecular formula is C33H44N4O7. The Morgan fingerprint density at radius 1 is 0.932 bits per heavy atom. The van der Waals surface area contributed by atoms with Crippen molar-refractivity contribution in [1.82, 2.24) is 20.4 Å². The van der Waals surface area contributed by atoms with Crippen molar-refractivity contribution in [2.45, 2.75) is 63.6 Å². The Balaban J connectivity index is 1.36. The van der Waals surface area contributed by atoms with Gasteiger partial charge in [0.25, 0.3) is 5.91 Å². The number of carbonyl (C=O) groups is 3. The number of carbonyl (C=O) groups excluding carboxylic acids is 3. The lowest BCUT2D eigenvalue weighted by molar-refractivity contribution is -0.136. The predicted octanol–water partition coefficient (Wildman–Crippen LogP) is 2.69. The van der Waals surface area contributed by atoms with Crippen LogP contribution < -0.4 is 29.6 Å². The average molecular weight is 609 g/mol. The first-order chi connectivity index (χ1) is 21.4. The minimum atomic E-state index is -0.451. The Kier molecular flexibility index (Phi) is 10.8. The van der Waals surface area contributed by atoms with Crippen LogP contribution in [0.3, 0.4) is 0 Å². The molecule has 0 saturated carbocycles. The highest BCUT2D eigenvalue weighted by Crippen LogP contribution is 2.30. The first-order valence-electron chi connectivity index (χ1n) is 15.6. The maximum Gasteiger partial charge on any atom is 0.258 e. The van der Waals surface area contributed by atoms with Crippen LogP contribution in [0.25, 0.3) is 0 Å². The number of piperidine rings is 1. The number of hydrogen-bond donors (Lipinski definition) is 2. The summed E-state index contributed by atoms with van der Waals surface area (Å²) in [5.74, 6) is 1.74. The largest absolute Gasteiger partial charge is 0.496 e. The Morgan fingerprint density at radius 3 is 2.50 bits per heavy atom. The van der Waals surface area contributed by atoms with Crippen molar-refractivity contribution in [1.29, 1.82) is 0 Å². The van der Waals surface area contributed by atoms with E-state index in [9.17, 15) is 14.4 Å². The molecular weight excluding hydrogens is 564 g/mol. The molecule has 2 saturated heterocycles. The van der Waals surface area contributed by atoms with Crippen molar-refractivity contribution in [2.24, 2.45) is 0 Å². The lowest BCUT2D eigenvalue weighted by Crippen LogP contribution is -2.59. The van der Waals surface area contributed by atoms with Crippen molar-refractivity contribution in [3.8, 4) is 23.0 Å². The van der Waals surface area contributed by atoms with Gasteiger partial charge in [0, 0.05) is 44.1 Å². The van der Waals surface area contributed by atoms with Crippen LogP contribution in [0.15, 0.2) is 36.4 Å². The van der Waals surface area contributed by atoms with Crippen LogP contribution in [0.4, 0.5) is 0 Å². The number of benzene rings is 2. The molecule has 0 aromatic heterocycles. The number of hydrogen-bond acceptors (Lipinski definition) is 8. The van der Waals surface area contributed by atoms with E-state index in [1.54, 1.807) is 25.3 Å². The van der Waals surface area contributed by atoms with Gasteiger partial charge >= 0.3 is 0 Å². The van der Waals surface area contributed by atoms with Crippen LogP contribution in [0.1, 0.15) is 49.7 Å². The van der Waals surface area contributed by atoms with E-state index in [2.05, 4.69) is 15.5 Å². The van der Waals surface area contributed by atoms with Crippen molar-refractivity contribution in [3.63, 3.8) is 0 Å². The number of nitrogens with zero attached hydrogens (tertiary/aromatic N) is 2. The molecule has 2 N–H and O–H groups in total. The third kappa shape index (κ3) is 8.34. The molecule has 3 amide bonds. The molecule has 0 spiro atoms. The van der Waals surface area contributed by atoms with Crippen LogP contribution >= 0.6 is 0 Å². The van der Waals surface area contributed by atoms with Gasteiger partial charge < -0.3 is 34.5 Å². The Hall–Kier alpha value is -3.99. The molecule has 2 aromatic carbocycles. The molecule has 2 aromatic rings. The molecule has 11 heteroatoms. The number of rotatable bonds is 4. The molecule has 4 bridgehead atoms. The van der Waals surface area contributed by atoms with Gasteiger partial charge in [-0.2, -0.15) is 0 Å². The van der Waals surface area contributed by atoms with E-state index in [1.807, 2.05) is 23.1 Å². The van der Waals surface area contributed by atoms with E-state index >= 15 is 0 Å². The Bertz CT molecular complexity index is 1310. The fourth-order valence-electron chi connectivity index (χ4n) is 6.06. The number of amides is 3. The third-order valence-electron chi connectivity index (χ3n) is 8.56. The normalized spacial score (nSPS) is 22.0. The summed E-state index contributed by atoms with van der Waals surface area (Å²) in [4.78, 5) is 43.3. The summed E-state index contributed by atoms with van der Waals surface area (Å²) in [6, 6.07) is 10.5. The molecule has 0 unspecified atom stereocenters. The zero-order valence-corrected chi connectivity index (χ0v) is 25.8. The molecule has 2 fully saturated rings. The molecule has 4 heterocycles. The third-order valence-corrected chi connectivity index (χ3v) is 8.56. The lowest BCUT2D eigenvalue weighted by Gasteiger charge is -2.39. The second kappa shape index (κ2) is 15.1. The van der Waals surface area contributed by atoms with Gasteiger partial charge in [0.15, 0.2) is 18.1 Å². The summed E-state index contributed by atoms with van der Waals surface area (Å²) in [6.07, 6.45) is 5.60. The van der Waals surface area contributed by atoms with Gasteiger partial charge in [-0.25, -0.2) is 0 Å². The standard InChI is InChI=1S/C33H44N4O7/c1-41-28-11-7-23-8-12-31(38)34-19-24-9-10-25(18-29(24)42-2)44-27-13-16-37(33(40)21-36-14-5-3-4-6-15-36)20-26(27)35-32(39)22-43-30(28)17-23/h7,9-11,17-18,26-27H,3-6,8,12-16,19-22H2,1-2H3,(H,34,38)(H,35,39)/t26-,27+/m1/s1. The number of likely N-dealkylation sites (tertiary alicyclic amines) is 2. The predicted molar refractivity (Wildman–Crippen MR) is 164 cm³/mol. The number of aryl methyl sites for hydroxylation is 1. The van der Waals surface area contributed by atoms with Crippen molar-refractivity contribution < 1.29 is 33.3 Å². The van der Waals surface area contributed by atoms with Gasteiger partial charge in [0.1, 0.15) is 17.6 Å². The van der Waals surface area contributed by atoms with Gasteiger partial charge in [-0.05, 0) is 62.2 Å². The van der Waals surface area contributed by atoms with E-state index in [1.165, 1.54) is 20.0 Å². The zero-order valence-electron chi connectivity index (χ0n) is 25.8. The summed E-state index contributed by atoms with van der Waals surface area (Å²) in [5.41, 5.74) is 1.71. The molecule has 4 aliphatic heterocycles. The molecule has 2 atom stereocenters. The molecule has 11 nitrogen and oxygen atoms in total. The van der Waals surface area contributed by atoms with E-state index < -0.39 is 6.04 Å². The maximum absolute atomic E-state index is 13.4. The SMILES string of the molecule is COc1cc2ccc1CNC(=O)CCc1ccc(OC)c(c1)OCC(=O)N[C@@H]1CN(C(=O)CN3CCCCCC3)CC[C@@H]1O2. The smallest absolute Gasteiger partial charge is 0.258 e. The second-order valence-electron chi connectivity index (χ2n) is 11.7. The van der Waals surface area contributed by atoms with Gasteiger partial charge in [-0.15, -0.1) is 0 Å². The minimum Gasteiger partial charge on any atom is -0.496 e. The first kappa shape index (κ1) is 31.4. The number of fused-ring (bicyclic) bond motifs is 9. The Morgan fingerprint density at radius 2 is 1.73 bits per heavy atom. The van der Waals surface area contributed by atoms with Crippen LogP contribution in [0.2, 0.25) is 0 Å². The number of methoxy groups -OCH3 is 2. The highest BCUT2D eigenvalue weighted by atomic mass is 16.5. The topological polar surface area (TPSA) is 119 Å². The van der Waals surface area contributed by atoms with Gasteiger partial charge in [-0.3, -0.25) is 19.3 Å². The van der Waals surface area contributed by atoms with Gasteiger partial charge in [0.2, 0.25) is 11.8 Å². The first-order valence-corrected chi connectivity index (χ1v) is 15.6. The van der Waals surface area contributed by atoms with E-state index in [0.717, 1.165) is 37.1 Å². The molecule has 6 rings (SSSR count). The quantitative estimate of drug-likeness (QED) is 0.544. The van der Waals surface area contributed by atoms with Gasteiger partial charge in [0.05, 0.1) is 26.8 Å². The van der Waals surface area contributed by atoms with Crippen molar-refractivity contribution >= 4 is 17.7 Å². The highest BCUT2D eigenvalue weighted by molar-refractivity contribution is 5.80. The lowest BCUT2D eigenvalue weighted by atomic mass is 10.0. The monoisotopic (exact) mass is 608 g/mol. The van der Waals surface area contributed by atoms with E-state index in [-0.39, 0.29) is 36.9 Å². The summed E-state index contributed by atoms with van der Waals surface area (Å²) in [6.45, 7) is 3.21. The zero-order chi connectivity index (χ0) is 30.9. The fraction of sp³-hybridized carbons (Fsp3) is 0.545. The molecule has 44 heavy (non-hydrogen) atoms. The summed E-state index contributed by atoms with van der Waals surface area (Å²) in [7, 11) is 3.12. The van der Waals surface area contributed by atoms with Gasteiger partial charge in [-0.1, -0.05) is 18.9 Å². The molecule has 0 aliphatic carbocycles. The molecule has 4 aliphatic rings. The van der Waals surface area contributed by atoms with Crippen LogP contribution in [-0.4, -0.2) is 93.2 Å². The van der Waals surface area contributed by atoms with Crippen LogP contribution in [0, 0.1) is 0 Å². The summed E-state index contributed by atoms with van der Waals surface area (Å²) < 4.78 is 23.4. The fourth-order valence-corrected chi connectivity index (χ4v) is 6.06. The van der Waals surface area contributed by atoms with Crippen LogP contribution in [-0.2, 0) is 27.3 Å². The summed E-state index contributed by atoms with van der Waals surface area (Å²) in [5, 5.41) is 6.05. The average Bonchev–Trinajstić information content (AvgIpc) is 3.31. The molecule has 238 valence electrons. The molecule has 0 radical (unpaired) electrons. The summed E-state index contributed by atoms with van der Waals surface area (Å²) >= 11 is 0. The number of ether oxygens (including phenoxy) is 4. The van der Waals surface area contributed by atoms with E-state index in [0.29, 0.717) is 62.0 Å². The van der Waals surface area contributed by atoms with Crippen LogP contribution in [0.5, 0.6) is 23.0 Å². The Labute approximate surface area is 259 Å². The minimum absolute atomic E-state index is 0.0704. The highest BCUT2D eigenvalue weighted by Gasteiger charge is 2.35. The van der Waals surface area contributed by atoms with Crippen molar-refractivity contribution in [2.75, 3.05) is 53.6 Å². The second-order valence-corrected chi connectivity index (χ2v) is 11.7. The van der Waals surface area contributed by atoms with E-state index in [4.69, 9.17) is 18.9 Å².